The van der Waals surface area contributed by atoms with E-state index in [1.165, 1.54) is 0 Å². The molecule has 1 aliphatic rings. The van der Waals surface area contributed by atoms with Crippen molar-refractivity contribution < 1.29 is 5.11 Å². The summed E-state index contributed by atoms with van der Waals surface area (Å²) < 4.78 is 1.84. The second-order valence-electron chi connectivity index (χ2n) is 4.36. The third-order valence-electron chi connectivity index (χ3n) is 3.42. The van der Waals surface area contributed by atoms with E-state index in [1.807, 2.05) is 4.57 Å². The average Bonchev–Trinajstić information content (AvgIpc) is 2.61. The van der Waals surface area contributed by atoms with Crippen LogP contribution in [0.3, 0.4) is 0 Å². The van der Waals surface area contributed by atoms with Gasteiger partial charge < -0.3 is 15.4 Å². The summed E-state index contributed by atoms with van der Waals surface area (Å²) in [6, 6.07) is 0.165. The van der Waals surface area contributed by atoms with Crippen molar-refractivity contribution in [3.63, 3.8) is 0 Å². The quantitative estimate of drug-likeness (QED) is 0.658. The molecule has 7 heteroatoms. The smallest absolute Gasteiger partial charge is 0.280 e. The number of aromatic amines is 1. The van der Waals surface area contributed by atoms with Gasteiger partial charge in [-0.05, 0) is 12.8 Å². The van der Waals surface area contributed by atoms with Gasteiger partial charge in [-0.15, -0.1) is 0 Å². The molecule has 0 spiro atoms. The van der Waals surface area contributed by atoms with Crippen LogP contribution in [0.2, 0.25) is 0 Å². The second-order valence-corrected chi connectivity index (χ2v) is 4.36. The standard InChI is InChI=1S/C10H13N5O2/c11-10-13-8-7(9(17)14-10)12-4-15(8)6-2-1-5(6)3-16/h4-6,16H,1-3H2,(H3,11,13,14,17). The zero-order valence-corrected chi connectivity index (χ0v) is 9.13. The topological polar surface area (TPSA) is 110 Å². The minimum absolute atomic E-state index is 0.0871. The van der Waals surface area contributed by atoms with E-state index >= 15 is 0 Å². The van der Waals surface area contributed by atoms with Gasteiger partial charge in [-0.3, -0.25) is 9.78 Å². The van der Waals surface area contributed by atoms with Crippen LogP contribution in [0.15, 0.2) is 11.1 Å². The molecule has 2 aromatic rings. The molecule has 2 heterocycles. The van der Waals surface area contributed by atoms with Gasteiger partial charge in [0.05, 0.1) is 6.33 Å². The lowest BCUT2D eigenvalue weighted by Gasteiger charge is -2.36. The first-order valence-corrected chi connectivity index (χ1v) is 5.54. The van der Waals surface area contributed by atoms with Crippen molar-refractivity contribution in [1.29, 1.82) is 0 Å². The van der Waals surface area contributed by atoms with Gasteiger partial charge in [0.25, 0.3) is 5.56 Å². The number of aromatic nitrogens is 4. The maximum Gasteiger partial charge on any atom is 0.280 e. The maximum atomic E-state index is 11.6. The van der Waals surface area contributed by atoms with Crippen molar-refractivity contribution in [2.24, 2.45) is 5.92 Å². The normalized spacial score (nSPS) is 23.8. The fourth-order valence-corrected chi connectivity index (χ4v) is 2.32. The van der Waals surface area contributed by atoms with Gasteiger partial charge in [0, 0.05) is 18.6 Å². The fraction of sp³-hybridized carbons (Fsp3) is 0.500. The monoisotopic (exact) mass is 235 g/mol. The third kappa shape index (κ3) is 1.42. The van der Waals surface area contributed by atoms with E-state index in [0.29, 0.717) is 11.2 Å². The summed E-state index contributed by atoms with van der Waals surface area (Å²) in [5.41, 5.74) is 5.98. The Bertz CT molecular complexity index is 615. The Hall–Kier alpha value is -1.89. The van der Waals surface area contributed by atoms with Gasteiger partial charge in [-0.25, -0.2) is 4.98 Å². The van der Waals surface area contributed by atoms with Crippen LogP contribution in [0.1, 0.15) is 18.9 Å². The molecule has 2 unspecified atom stereocenters. The van der Waals surface area contributed by atoms with Gasteiger partial charge in [0.1, 0.15) is 0 Å². The maximum absolute atomic E-state index is 11.6. The molecule has 3 rings (SSSR count). The average molecular weight is 235 g/mol. The number of hydrogen-bond acceptors (Lipinski definition) is 5. The highest BCUT2D eigenvalue weighted by atomic mass is 16.3. The Morgan fingerprint density at radius 1 is 1.59 bits per heavy atom. The number of anilines is 1. The van der Waals surface area contributed by atoms with Gasteiger partial charge in [0.2, 0.25) is 5.95 Å². The minimum Gasteiger partial charge on any atom is -0.396 e. The first-order valence-electron chi connectivity index (χ1n) is 5.54. The first kappa shape index (κ1) is 10.3. The molecule has 90 valence electrons. The van der Waals surface area contributed by atoms with Crippen LogP contribution in [0, 0.1) is 5.92 Å². The molecule has 1 fully saturated rings. The molecule has 0 amide bonds. The molecular formula is C10H13N5O2. The van der Waals surface area contributed by atoms with Crippen LogP contribution in [-0.2, 0) is 0 Å². The van der Waals surface area contributed by atoms with E-state index in [9.17, 15) is 9.90 Å². The highest BCUT2D eigenvalue weighted by Gasteiger charge is 2.33. The first-order chi connectivity index (χ1) is 8.20. The molecule has 2 atom stereocenters. The van der Waals surface area contributed by atoms with Gasteiger partial charge in [0.15, 0.2) is 11.2 Å². The Balaban J connectivity index is 2.15. The van der Waals surface area contributed by atoms with Crippen molar-refractivity contribution in [3.05, 3.63) is 16.7 Å². The van der Waals surface area contributed by atoms with Gasteiger partial charge in [-0.1, -0.05) is 0 Å². The van der Waals surface area contributed by atoms with E-state index in [0.717, 1.165) is 12.8 Å². The molecule has 7 nitrogen and oxygen atoms in total. The van der Waals surface area contributed by atoms with Crippen LogP contribution in [-0.4, -0.2) is 31.2 Å². The SMILES string of the molecule is Nc1nc2c(ncn2C2CCC2CO)c(=O)[nH]1. The number of nitrogen functional groups attached to an aromatic ring is 1. The lowest BCUT2D eigenvalue weighted by atomic mass is 9.80. The lowest BCUT2D eigenvalue weighted by molar-refractivity contribution is 0.0993. The number of H-pyrrole nitrogens is 1. The third-order valence-corrected chi connectivity index (χ3v) is 3.42. The zero-order chi connectivity index (χ0) is 12.0. The summed E-state index contributed by atoms with van der Waals surface area (Å²) in [7, 11) is 0. The van der Waals surface area contributed by atoms with Crippen molar-refractivity contribution in [2.75, 3.05) is 12.3 Å². The summed E-state index contributed by atoms with van der Waals surface area (Å²) >= 11 is 0. The summed E-state index contributed by atoms with van der Waals surface area (Å²) in [6.07, 6.45) is 3.55. The Labute approximate surface area is 96.3 Å². The number of nitrogens with zero attached hydrogens (tertiary/aromatic N) is 3. The van der Waals surface area contributed by atoms with E-state index in [-0.39, 0.29) is 30.1 Å². The number of aliphatic hydroxyl groups is 1. The molecule has 0 bridgehead atoms. The van der Waals surface area contributed by atoms with E-state index in [4.69, 9.17) is 5.73 Å². The summed E-state index contributed by atoms with van der Waals surface area (Å²) in [5.74, 6) is 0.304. The van der Waals surface area contributed by atoms with E-state index in [1.54, 1.807) is 6.33 Å². The van der Waals surface area contributed by atoms with Crippen LogP contribution in [0.25, 0.3) is 11.2 Å². The fourth-order valence-electron chi connectivity index (χ4n) is 2.32. The number of fused-ring (bicyclic) bond motifs is 1. The number of imidazole rings is 1. The second kappa shape index (κ2) is 3.56. The van der Waals surface area contributed by atoms with Crippen molar-refractivity contribution in [1.82, 2.24) is 19.5 Å². The van der Waals surface area contributed by atoms with Gasteiger partial charge in [-0.2, -0.15) is 4.98 Å². The van der Waals surface area contributed by atoms with E-state index in [2.05, 4.69) is 15.0 Å². The lowest BCUT2D eigenvalue weighted by Crippen LogP contribution is -2.31. The summed E-state index contributed by atoms with van der Waals surface area (Å²) in [6.45, 7) is 0.142. The van der Waals surface area contributed by atoms with Crippen molar-refractivity contribution >= 4 is 17.1 Å². The molecule has 0 radical (unpaired) electrons. The number of rotatable bonds is 2. The number of nitrogens with two attached hydrogens (primary N) is 1. The largest absolute Gasteiger partial charge is 0.396 e. The molecule has 0 aliphatic heterocycles. The molecule has 17 heavy (non-hydrogen) atoms. The van der Waals surface area contributed by atoms with E-state index < -0.39 is 0 Å². The molecule has 2 aromatic heterocycles. The Morgan fingerprint density at radius 2 is 2.41 bits per heavy atom. The Kier molecular flexibility index (Phi) is 2.15. The zero-order valence-electron chi connectivity index (χ0n) is 9.13. The van der Waals surface area contributed by atoms with Crippen LogP contribution in [0.4, 0.5) is 5.95 Å². The predicted octanol–water partition coefficient (Wildman–Crippen LogP) is -0.355. The molecule has 0 saturated heterocycles. The molecule has 0 aromatic carbocycles. The molecule has 1 aliphatic carbocycles. The Morgan fingerprint density at radius 3 is 3.06 bits per heavy atom. The molecular weight excluding hydrogens is 222 g/mol. The highest BCUT2D eigenvalue weighted by Crippen LogP contribution is 2.39. The highest BCUT2D eigenvalue weighted by molar-refractivity contribution is 5.70. The van der Waals surface area contributed by atoms with Crippen LogP contribution >= 0.6 is 0 Å². The van der Waals surface area contributed by atoms with Crippen molar-refractivity contribution in [3.8, 4) is 0 Å². The van der Waals surface area contributed by atoms with Crippen LogP contribution < -0.4 is 11.3 Å². The number of aliphatic hydroxyl groups excluding tert-OH is 1. The van der Waals surface area contributed by atoms with Crippen LogP contribution in [0.5, 0.6) is 0 Å². The number of hydrogen-bond donors (Lipinski definition) is 3. The minimum atomic E-state index is -0.328. The number of nitrogens with one attached hydrogen (secondary N) is 1. The summed E-state index contributed by atoms with van der Waals surface area (Å²) in [5, 5.41) is 9.19. The van der Waals surface area contributed by atoms with Gasteiger partial charge >= 0.3 is 0 Å². The van der Waals surface area contributed by atoms with Crippen molar-refractivity contribution in [2.45, 2.75) is 18.9 Å². The molecule has 4 N–H and O–H groups in total. The summed E-state index contributed by atoms with van der Waals surface area (Å²) in [4.78, 5) is 22.2. The predicted molar refractivity (Wildman–Crippen MR) is 61.4 cm³/mol. The molecule has 1 saturated carbocycles.